The van der Waals surface area contributed by atoms with Gasteiger partial charge in [-0.3, -0.25) is 0 Å². The maximum atomic E-state index is 12.0. The van der Waals surface area contributed by atoms with Gasteiger partial charge in [0.2, 0.25) is 0 Å². The van der Waals surface area contributed by atoms with Gasteiger partial charge >= 0.3 is 0 Å². The SMILES string of the molecule is CC(C)CCCC(C)[C@H]1CC[C@H]2[C@@H]3CC(=C=O)C4CCCC[C@]4(C)[C@H]3CC[C@]12C. The number of allylic oxidation sites excluding steroid dienone is 1. The Labute approximate surface area is 180 Å². The molecule has 4 aliphatic rings. The van der Waals surface area contributed by atoms with Crippen molar-refractivity contribution in [2.24, 2.45) is 52.3 Å². The Morgan fingerprint density at radius 1 is 0.931 bits per heavy atom. The van der Waals surface area contributed by atoms with Crippen LogP contribution in [0.1, 0.15) is 112 Å². The van der Waals surface area contributed by atoms with Gasteiger partial charge in [-0.25, -0.2) is 4.79 Å². The summed E-state index contributed by atoms with van der Waals surface area (Å²) < 4.78 is 0. The number of carbonyl (C=O) groups excluding carboxylic acids is 1. The van der Waals surface area contributed by atoms with E-state index in [9.17, 15) is 4.79 Å². The van der Waals surface area contributed by atoms with Crippen LogP contribution in [0.5, 0.6) is 0 Å². The Balaban J connectivity index is 1.54. The van der Waals surface area contributed by atoms with Crippen LogP contribution < -0.4 is 0 Å². The van der Waals surface area contributed by atoms with E-state index in [0.717, 1.165) is 41.9 Å². The summed E-state index contributed by atoms with van der Waals surface area (Å²) in [6.45, 7) is 12.5. The number of rotatable bonds is 5. The molecule has 0 spiro atoms. The lowest BCUT2D eigenvalue weighted by Gasteiger charge is -2.60. The molecule has 0 heterocycles. The third-order valence-corrected chi connectivity index (χ3v) is 10.7. The molecule has 0 amide bonds. The summed E-state index contributed by atoms with van der Waals surface area (Å²) in [5.41, 5.74) is 2.09. The summed E-state index contributed by atoms with van der Waals surface area (Å²) >= 11 is 0. The number of hydrogen-bond donors (Lipinski definition) is 0. The van der Waals surface area contributed by atoms with Crippen molar-refractivity contribution >= 4 is 5.94 Å². The lowest BCUT2D eigenvalue weighted by atomic mass is 9.43. The monoisotopic (exact) mass is 398 g/mol. The first-order chi connectivity index (χ1) is 13.8. The van der Waals surface area contributed by atoms with Crippen molar-refractivity contribution in [3.05, 3.63) is 5.57 Å². The average molecular weight is 399 g/mol. The summed E-state index contributed by atoms with van der Waals surface area (Å²) in [6.07, 6.45) is 16.3. The van der Waals surface area contributed by atoms with Gasteiger partial charge in [0.15, 0.2) is 0 Å². The summed E-state index contributed by atoms with van der Waals surface area (Å²) in [5.74, 6) is 8.12. The largest absolute Gasteiger partial charge is 0.234 e. The van der Waals surface area contributed by atoms with Crippen LogP contribution in [-0.2, 0) is 4.79 Å². The first kappa shape index (κ1) is 21.7. The van der Waals surface area contributed by atoms with E-state index >= 15 is 0 Å². The molecular formula is C28H46O. The van der Waals surface area contributed by atoms with Gasteiger partial charge < -0.3 is 0 Å². The van der Waals surface area contributed by atoms with Crippen LogP contribution in [0.2, 0.25) is 0 Å². The average Bonchev–Trinajstić information content (AvgIpc) is 3.04. The second-order valence-corrected chi connectivity index (χ2v) is 12.5. The molecule has 4 fully saturated rings. The van der Waals surface area contributed by atoms with Gasteiger partial charge in [0.05, 0.1) is 0 Å². The molecule has 29 heavy (non-hydrogen) atoms. The molecule has 4 rings (SSSR count). The van der Waals surface area contributed by atoms with Gasteiger partial charge in [-0.05, 0) is 97.2 Å². The second kappa shape index (κ2) is 8.18. The zero-order valence-electron chi connectivity index (χ0n) is 19.9. The highest BCUT2D eigenvalue weighted by atomic mass is 16.1. The Kier molecular flexibility index (Phi) is 6.11. The Hall–Kier alpha value is -0.550. The minimum atomic E-state index is 0.385. The van der Waals surface area contributed by atoms with Crippen LogP contribution in [0.3, 0.4) is 0 Å². The van der Waals surface area contributed by atoms with E-state index in [1.54, 1.807) is 0 Å². The highest BCUT2D eigenvalue weighted by Crippen LogP contribution is 2.69. The molecule has 1 nitrogen and oxygen atoms in total. The maximum absolute atomic E-state index is 12.0. The van der Waals surface area contributed by atoms with Crippen molar-refractivity contribution in [2.45, 2.75) is 112 Å². The maximum Gasteiger partial charge on any atom is 0.123 e. The molecule has 8 atom stereocenters. The van der Waals surface area contributed by atoms with Crippen molar-refractivity contribution < 1.29 is 4.79 Å². The van der Waals surface area contributed by atoms with Crippen molar-refractivity contribution in [3.63, 3.8) is 0 Å². The predicted molar refractivity (Wildman–Crippen MR) is 122 cm³/mol. The normalized spacial score (nSPS) is 45.3. The van der Waals surface area contributed by atoms with E-state index in [1.807, 2.05) is 0 Å². The standard InChI is InChI=1S/C28H46O/c1-19(2)9-8-10-20(3)23-12-13-25-22-17-21(18-29)24-11-6-7-15-27(24,4)26(22)14-16-28(23,25)5/h19-20,22-26H,6-17H2,1-5H3/t20?,22-,23+,24?,25-,26-,27-,28+/m0/s1. The van der Waals surface area contributed by atoms with Gasteiger partial charge in [-0.2, -0.15) is 0 Å². The summed E-state index contributed by atoms with van der Waals surface area (Å²) in [5, 5.41) is 0. The van der Waals surface area contributed by atoms with Gasteiger partial charge in [0, 0.05) is 5.57 Å². The number of hydrogen-bond acceptors (Lipinski definition) is 1. The zero-order valence-corrected chi connectivity index (χ0v) is 19.9. The lowest BCUT2D eigenvalue weighted by molar-refractivity contribution is -0.0934. The molecule has 164 valence electrons. The van der Waals surface area contributed by atoms with E-state index in [1.165, 1.54) is 76.2 Å². The third-order valence-electron chi connectivity index (χ3n) is 10.7. The van der Waals surface area contributed by atoms with Crippen LogP contribution in [-0.4, -0.2) is 5.94 Å². The fraction of sp³-hybridized carbons (Fsp3) is 0.929. The lowest BCUT2D eigenvalue weighted by Crippen LogP contribution is -2.53. The van der Waals surface area contributed by atoms with E-state index in [-0.39, 0.29) is 0 Å². The van der Waals surface area contributed by atoms with Gasteiger partial charge in [-0.15, -0.1) is 0 Å². The molecule has 0 aromatic carbocycles. The van der Waals surface area contributed by atoms with Crippen molar-refractivity contribution in [1.82, 2.24) is 0 Å². The van der Waals surface area contributed by atoms with Crippen molar-refractivity contribution in [1.29, 1.82) is 0 Å². The summed E-state index contributed by atoms with van der Waals surface area (Å²) in [7, 11) is 0. The molecule has 0 bridgehead atoms. The molecule has 1 heteroatoms. The van der Waals surface area contributed by atoms with E-state index < -0.39 is 0 Å². The summed E-state index contributed by atoms with van der Waals surface area (Å²) in [6, 6.07) is 0. The number of fused-ring (bicyclic) bond motifs is 5. The minimum absolute atomic E-state index is 0.385. The first-order valence-electron chi connectivity index (χ1n) is 13.0. The minimum Gasteiger partial charge on any atom is -0.234 e. The van der Waals surface area contributed by atoms with E-state index in [2.05, 4.69) is 40.6 Å². The molecule has 4 saturated carbocycles. The van der Waals surface area contributed by atoms with Crippen LogP contribution in [0, 0.1) is 52.3 Å². The van der Waals surface area contributed by atoms with Crippen LogP contribution in [0.15, 0.2) is 5.57 Å². The molecule has 0 saturated heterocycles. The Morgan fingerprint density at radius 2 is 1.69 bits per heavy atom. The zero-order chi connectivity index (χ0) is 20.8. The van der Waals surface area contributed by atoms with Crippen molar-refractivity contribution in [3.8, 4) is 0 Å². The topological polar surface area (TPSA) is 17.1 Å². The Morgan fingerprint density at radius 3 is 2.41 bits per heavy atom. The highest BCUT2D eigenvalue weighted by Gasteiger charge is 2.61. The predicted octanol–water partition coefficient (Wildman–Crippen LogP) is 7.87. The molecule has 0 aromatic rings. The van der Waals surface area contributed by atoms with Crippen molar-refractivity contribution in [2.75, 3.05) is 0 Å². The third kappa shape index (κ3) is 3.58. The van der Waals surface area contributed by atoms with Crippen LogP contribution >= 0.6 is 0 Å². The van der Waals surface area contributed by atoms with Crippen LogP contribution in [0.4, 0.5) is 0 Å². The van der Waals surface area contributed by atoms with Crippen LogP contribution in [0.25, 0.3) is 0 Å². The van der Waals surface area contributed by atoms with E-state index in [0.29, 0.717) is 16.7 Å². The van der Waals surface area contributed by atoms with E-state index in [4.69, 9.17) is 0 Å². The fourth-order valence-corrected chi connectivity index (χ4v) is 9.30. The molecule has 0 radical (unpaired) electrons. The summed E-state index contributed by atoms with van der Waals surface area (Å²) in [4.78, 5) is 12.0. The molecule has 0 aliphatic heterocycles. The Bertz CT molecular complexity index is 643. The quantitative estimate of drug-likeness (QED) is 0.431. The second-order valence-electron chi connectivity index (χ2n) is 12.5. The first-order valence-corrected chi connectivity index (χ1v) is 13.0. The smallest absolute Gasteiger partial charge is 0.123 e. The van der Waals surface area contributed by atoms with Gasteiger partial charge in [0.1, 0.15) is 5.94 Å². The van der Waals surface area contributed by atoms with Gasteiger partial charge in [0.25, 0.3) is 0 Å². The molecule has 2 unspecified atom stereocenters. The highest BCUT2D eigenvalue weighted by molar-refractivity contribution is 5.55. The molecular weight excluding hydrogens is 352 g/mol. The van der Waals surface area contributed by atoms with Gasteiger partial charge in [-0.1, -0.05) is 66.7 Å². The fourth-order valence-electron chi connectivity index (χ4n) is 9.30. The molecule has 0 aromatic heterocycles. The molecule has 0 N–H and O–H groups in total. The molecule has 4 aliphatic carbocycles.